The predicted molar refractivity (Wildman–Crippen MR) is 65.3 cm³/mol. The molecule has 0 aliphatic carbocycles. The molecule has 1 aromatic carbocycles. The summed E-state index contributed by atoms with van der Waals surface area (Å²) in [7, 11) is 3.03. The fourth-order valence-electron chi connectivity index (χ4n) is 2.08. The number of fused-ring (bicyclic) bond motifs is 3. The zero-order chi connectivity index (χ0) is 12.7. The van der Waals surface area contributed by atoms with E-state index in [1.54, 1.807) is 6.07 Å². The molecule has 0 amide bonds. The van der Waals surface area contributed by atoms with E-state index in [0.29, 0.717) is 17.0 Å². The quantitative estimate of drug-likeness (QED) is 0.497. The van der Waals surface area contributed by atoms with Crippen LogP contribution in [0.2, 0.25) is 0 Å². The van der Waals surface area contributed by atoms with E-state index < -0.39 is 0 Å². The molecule has 0 unspecified atom stereocenters. The molecule has 18 heavy (non-hydrogen) atoms. The van der Waals surface area contributed by atoms with Crippen LogP contribution in [0.4, 0.5) is 0 Å². The molecule has 2 heterocycles. The Balaban J connectivity index is 2.55. The first kappa shape index (κ1) is 10.6. The van der Waals surface area contributed by atoms with Gasteiger partial charge in [-0.25, -0.2) is 0 Å². The van der Waals surface area contributed by atoms with Gasteiger partial charge in [-0.05, 0) is 6.07 Å². The summed E-state index contributed by atoms with van der Waals surface area (Å²) in [6, 6.07) is 7.59. The highest BCUT2D eigenvalue weighted by atomic mass is 16.7. The van der Waals surface area contributed by atoms with E-state index >= 15 is 0 Å². The number of hydrogen-bond acceptors (Lipinski definition) is 4. The van der Waals surface area contributed by atoms with Gasteiger partial charge in [0.2, 0.25) is 11.7 Å². The average molecular weight is 245 g/mol. The van der Waals surface area contributed by atoms with Crippen LogP contribution in [0.3, 0.4) is 0 Å². The first-order chi connectivity index (χ1) is 8.76. The van der Waals surface area contributed by atoms with Gasteiger partial charge in [0.1, 0.15) is 12.6 Å². The second kappa shape index (κ2) is 3.76. The van der Waals surface area contributed by atoms with Crippen LogP contribution in [0.5, 0.6) is 6.01 Å². The normalized spacial score (nSPS) is 11.0. The summed E-state index contributed by atoms with van der Waals surface area (Å²) < 4.78 is 7.39. The highest BCUT2D eigenvalue weighted by Gasteiger charge is 2.19. The van der Waals surface area contributed by atoms with Crippen molar-refractivity contribution in [1.82, 2.24) is 9.71 Å². The van der Waals surface area contributed by atoms with Crippen LogP contribution in [0, 0.1) is 5.21 Å². The van der Waals surface area contributed by atoms with Crippen molar-refractivity contribution >= 4 is 21.9 Å². The summed E-state index contributed by atoms with van der Waals surface area (Å²) in [4.78, 5) is 9.46. The molecule has 0 aliphatic heterocycles. The molecular weight excluding hydrogens is 234 g/mol. The van der Waals surface area contributed by atoms with Crippen LogP contribution in [-0.2, 0) is 0 Å². The molecule has 6 nitrogen and oxygen atoms in total. The minimum Gasteiger partial charge on any atom is -0.618 e. The number of rotatable bonds is 2. The van der Waals surface area contributed by atoms with E-state index in [2.05, 4.69) is 4.98 Å². The Morgan fingerprint density at radius 3 is 2.78 bits per heavy atom. The summed E-state index contributed by atoms with van der Waals surface area (Å²) in [5.74, 6) is 0. The van der Waals surface area contributed by atoms with Crippen molar-refractivity contribution in [2.45, 2.75) is 0 Å². The summed E-state index contributed by atoms with van der Waals surface area (Å²) in [6.45, 7) is 0. The minimum atomic E-state index is 0.309. The molecule has 0 N–H and O–H groups in total. The standard InChI is InChI=1S/C12H11N3O3/c1-17-12-13-9-7-14(16)10-6-4-3-5-8(10)11(9)15(12)18-2/h3-7H,1-2H3. The summed E-state index contributed by atoms with van der Waals surface area (Å²) in [5.41, 5.74) is 1.81. The van der Waals surface area contributed by atoms with Crippen LogP contribution in [-0.4, -0.2) is 23.9 Å². The number of nitrogens with zero attached hydrogens (tertiary/aromatic N) is 3. The molecule has 0 atom stereocenters. The molecule has 2 aromatic heterocycles. The second-order valence-corrected chi connectivity index (χ2v) is 3.78. The summed E-state index contributed by atoms with van der Waals surface area (Å²) in [6.07, 6.45) is 1.41. The lowest BCUT2D eigenvalue weighted by molar-refractivity contribution is -0.575. The van der Waals surface area contributed by atoms with Crippen molar-refractivity contribution in [2.75, 3.05) is 14.2 Å². The van der Waals surface area contributed by atoms with E-state index in [1.807, 2.05) is 18.2 Å². The zero-order valence-electron chi connectivity index (χ0n) is 9.95. The molecule has 0 bridgehead atoms. The van der Waals surface area contributed by atoms with Crippen LogP contribution in [0.15, 0.2) is 30.5 Å². The van der Waals surface area contributed by atoms with E-state index in [9.17, 15) is 5.21 Å². The Kier molecular flexibility index (Phi) is 2.22. The number of pyridine rings is 1. The molecule has 0 radical (unpaired) electrons. The first-order valence-electron chi connectivity index (χ1n) is 5.38. The van der Waals surface area contributed by atoms with Gasteiger partial charge in [0.05, 0.1) is 12.5 Å². The molecule has 0 saturated heterocycles. The Labute approximate surface area is 103 Å². The number of hydrogen-bond donors (Lipinski definition) is 0. The fraction of sp³-hybridized carbons (Fsp3) is 0.167. The van der Waals surface area contributed by atoms with Crippen LogP contribution >= 0.6 is 0 Å². The largest absolute Gasteiger partial charge is 0.618 e. The lowest BCUT2D eigenvalue weighted by Gasteiger charge is -2.06. The van der Waals surface area contributed by atoms with Gasteiger partial charge < -0.3 is 14.8 Å². The highest BCUT2D eigenvalue weighted by Crippen LogP contribution is 2.25. The van der Waals surface area contributed by atoms with E-state index in [4.69, 9.17) is 9.57 Å². The van der Waals surface area contributed by atoms with Crippen LogP contribution < -0.4 is 14.3 Å². The van der Waals surface area contributed by atoms with Gasteiger partial charge in [-0.1, -0.05) is 12.1 Å². The average Bonchev–Trinajstić information content (AvgIpc) is 2.76. The van der Waals surface area contributed by atoms with Crippen molar-refractivity contribution in [3.05, 3.63) is 35.7 Å². The van der Waals surface area contributed by atoms with E-state index in [-0.39, 0.29) is 0 Å². The van der Waals surface area contributed by atoms with Crippen molar-refractivity contribution in [1.29, 1.82) is 0 Å². The van der Waals surface area contributed by atoms with E-state index in [0.717, 1.165) is 15.6 Å². The third-order valence-corrected chi connectivity index (χ3v) is 2.84. The minimum absolute atomic E-state index is 0.309. The molecule has 0 saturated carbocycles. The van der Waals surface area contributed by atoms with Crippen LogP contribution in [0.25, 0.3) is 21.9 Å². The smallest absolute Gasteiger partial charge is 0.331 e. The van der Waals surface area contributed by atoms with Crippen molar-refractivity contribution in [3.63, 3.8) is 0 Å². The number of imidazole rings is 1. The monoisotopic (exact) mass is 245 g/mol. The first-order valence-corrected chi connectivity index (χ1v) is 5.38. The van der Waals surface area contributed by atoms with Crippen molar-refractivity contribution in [2.24, 2.45) is 0 Å². The molecular formula is C12H11N3O3. The number of benzene rings is 1. The SMILES string of the molecule is COc1nc2c[n+]([O-])c3ccccc3c2n1OC. The number of methoxy groups -OCH3 is 1. The van der Waals surface area contributed by atoms with Gasteiger partial charge in [-0.2, -0.15) is 9.71 Å². The third-order valence-electron chi connectivity index (χ3n) is 2.84. The number of ether oxygens (including phenoxy) is 1. The number of aromatic nitrogens is 3. The van der Waals surface area contributed by atoms with Gasteiger partial charge in [-0.15, -0.1) is 4.73 Å². The molecule has 0 spiro atoms. The molecule has 0 fully saturated rings. The lowest BCUT2D eigenvalue weighted by atomic mass is 10.2. The van der Waals surface area contributed by atoms with Crippen molar-refractivity contribution in [3.8, 4) is 6.01 Å². The Morgan fingerprint density at radius 1 is 1.28 bits per heavy atom. The maximum Gasteiger partial charge on any atom is 0.331 e. The second-order valence-electron chi connectivity index (χ2n) is 3.78. The summed E-state index contributed by atoms with van der Waals surface area (Å²) >= 11 is 0. The fourth-order valence-corrected chi connectivity index (χ4v) is 2.08. The van der Waals surface area contributed by atoms with Gasteiger partial charge in [-0.3, -0.25) is 0 Å². The maximum atomic E-state index is 11.9. The Hall–Kier alpha value is -2.50. The molecule has 3 rings (SSSR count). The maximum absolute atomic E-state index is 11.9. The topological polar surface area (TPSA) is 63.2 Å². The molecule has 92 valence electrons. The number of para-hydroxylation sites is 1. The lowest BCUT2D eigenvalue weighted by Crippen LogP contribution is -2.26. The van der Waals surface area contributed by atoms with Gasteiger partial charge in [0.25, 0.3) is 0 Å². The molecule has 6 heteroatoms. The highest BCUT2D eigenvalue weighted by molar-refractivity contribution is 6.00. The summed E-state index contributed by atoms with van der Waals surface area (Å²) in [5, 5.41) is 12.6. The van der Waals surface area contributed by atoms with Crippen molar-refractivity contribution < 1.29 is 14.3 Å². The van der Waals surface area contributed by atoms with E-state index in [1.165, 1.54) is 25.1 Å². The third kappa shape index (κ3) is 1.29. The Morgan fingerprint density at radius 2 is 2.06 bits per heavy atom. The van der Waals surface area contributed by atoms with Gasteiger partial charge in [0, 0.05) is 6.07 Å². The predicted octanol–water partition coefficient (Wildman–Crippen LogP) is 0.890. The van der Waals surface area contributed by atoms with Gasteiger partial charge in [0.15, 0.2) is 5.52 Å². The van der Waals surface area contributed by atoms with Gasteiger partial charge >= 0.3 is 6.01 Å². The molecule has 0 aliphatic rings. The van der Waals surface area contributed by atoms with Crippen LogP contribution in [0.1, 0.15) is 0 Å². The Bertz CT molecular complexity index is 736. The zero-order valence-corrected chi connectivity index (χ0v) is 9.95. The molecule has 3 aromatic rings.